The standard InChI is InChI=1S/C14H20N2O3/c15-12-3-1-10(2-4-12)13(17)9-16-14(18)11-5-7-19-8-6-11/h1-4,11,13,17H,5-9,15H2,(H,16,18). The maximum atomic E-state index is 11.9. The van der Waals surface area contributed by atoms with Crippen molar-refractivity contribution in [2.24, 2.45) is 5.92 Å². The summed E-state index contributed by atoms with van der Waals surface area (Å²) >= 11 is 0. The van der Waals surface area contributed by atoms with Gasteiger partial charge < -0.3 is 20.9 Å². The van der Waals surface area contributed by atoms with E-state index in [4.69, 9.17) is 10.5 Å². The predicted molar refractivity (Wildman–Crippen MR) is 72.4 cm³/mol. The summed E-state index contributed by atoms with van der Waals surface area (Å²) in [7, 11) is 0. The molecule has 4 N–H and O–H groups in total. The van der Waals surface area contributed by atoms with E-state index >= 15 is 0 Å². The molecule has 19 heavy (non-hydrogen) atoms. The monoisotopic (exact) mass is 264 g/mol. The molecule has 104 valence electrons. The van der Waals surface area contributed by atoms with Gasteiger partial charge in [0.1, 0.15) is 0 Å². The van der Waals surface area contributed by atoms with Gasteiger partial charge in [-0.05, 0) is 30.5 Å². The minimum absolute atomic E-state index is 0.00204. The number of anilines is 1. The van der Waals surface area contributed by atoms with E-state index in [1.165, 1.54) is 0 Å². The fraction of sp³-hybridized carbons (Fsp3) is 0.500. The summed E-state index contributed by atoms with van der Waals surface area (Å²) in [4.78, 5) is 11.9. The highest BCUT2D eigenvalue weighted by molar-refractivity contribution is 5.78. The molecule has 1 aliphatic heterocycles. The third-order valence-electron chi connectivity index (χ3n) is 3.38. The average molecular weight is 264 g/mol. The molecule has 1 aromatic rings. The third-order valence-corrected chi connectivity index (χ3v) is 3.38. The Hall–Kier alpha value is -1.59. The molecule has 1 unspecified atom stereocenters. The van der Waals surface area contributed by atoms with Crippen LogP contribution in [0, 0.1) is 5.92 Å². The Morgan fingerprint density at radius 2 is 2.00 bits per heavy atom. The summed E-state index contributed by atoms with van der Waals surface area (Å²) < 4.78 is 5.21. The minimum atomic E-state index is -0.704. The van der Waals surface area contributed by atoms with E-state index in [2.05, 4.69) is 5.32 Å². The Labute approximate surface area is 112 Å². The highest BCUT2D eigenvalue weighted by Gasteiger charge is 2.21. The fourth-order valence-corrected chi connectivity index (χ4v) is 2.14. The number of nitrogens with two attached hydrogens (primary N) is 1. The molecular formula is C14H20N2O3. The zero-order valence-corrected chi connectivity index (χ0v) is 10.8. The molecule has 0 radical (unpaired) electrons. The van der Waals surface area contributed by atoms with Crippen LogP contribution in [0.4, 0.5) is 5.69 Å². The summed E-state index contributed by atoms with van der Waals surface area (Å²) in [5.74, 6) is 0.00478. The van der Waals surface area contributed by atoms with E-state index in [-0.39, 0.29) is 18.4 Å². The maximum absolute atomic E-state index is 11.9. The largest absolute Gasteiger partial charge is 0.399 e. The van der Waals surface area contributed by atoms with Gasteiger partial charge in [0.25, 0.3) is 0 Å². The first-order valence-corrected chi connectivity index (χ1v) is 6.56. The smallest absolute Gasteiger partial charge is 0.223 e. The van der Waals surface area contributed by atoms with Gasteiger partial charge in [0.05, 0.1) is 6.10 Å². The van der Waals surface area contributed by atoms with Gasteiger partial charge in [-0.25, -0.2) is 0 Å². The number of nitrogen functional groups attached to an aromatic ring is 1. The van der Waals surface area contributed by atoms with Crippen molar-refractivity contribution in [3.63, 3.8) is 0 Å². The zero-order chi connectivity index (χ0) is 13.7. The molecule has 0 spiro atoms. The maximum Gasteiger partial charge on any atom is 0.223 e. The van der Waals surface area contributed by atoms with Gasteiger partial charge in [-0.15, -0.1) is 0 Å². The van der Waals surface area contributed by atoms with Crippen molar-refractivity contribution in [3.05, 3.63) is 29.8 Å². The summed E-state index contributed by atoms with van der Waals surface area (Å²) in [6.07, 6.45) is 0.803. The van der Waals surface area contributed by atoms with E-state index in [0.717, 1.165) is 18.4 Å². The van der Waals surface area contributed by atoms with E-state index in [1.807, 2.05) is 0 Å². The number of carbonyl (C=O) groups is 1. The molecular weight excluding hydrogens is 244 g/mol. The van der Waals surface area contributed by atoms with Gasteiger partial charge in [-0.2, -0.15) is 0 Å². The van der Waals surface area contributed by atoms with Crippen LogP contribution in [0.1, 0.15) is 24.5 Å². The van der Waals surface area contributed by atoms with Crippen LogP contribution in [0.25, 0.3) is 0 Å². The Balaban J connectivity index is 1.80. The first-order valence-electron chi connectivity index (χ1n) is 6.56. The second kappa shape index (κ2) is 6.54. The molecule has 1 saturated heterocycles. The van der Waals surface area contributed by atoms with Gasteiger partial charge in [-0.3, -0.25) is 4.79 Å². The van der Waals surface area contributed by atoms with Crippen molar-refractivity contribution in [2.45, 2.75) is 18.9 Å². The van der Waals surface area contributed by atoms with Crippen LogP contribution in [0.3, 0.4) is 0 Å². The molecule has 0 aliphatic carbocycles. The average Bonchev–Trinajstić information content (AvgIpc) is 2.46. The highest BCUT2D eigenvalue weighted by atomic mass is 16.5. The Bertz CT molecular complexity index is 413. The van der Waals surface area contributed by atoms with Crippen LogP contribution in [-0.2, 0) is 9.53 Å². The van der Waals surface area contributed by atoms with Crippen LogP contribution in [-0.4, -0.2) is 30.8 Å². The normalized spacial score (nSPS) is 17.9. The van der Waals surface area contributed by atoms with E-state index in [1.54, 1.807) is 24.3 Å². The molecule has 1 fully saturated rings. The van der Waals surface area contributed by atoms with Gasteiger partial charge in [0.15, 0.2) is 0 Å². The first kappa shape index (κ1) is 13.8. The Morgan fingerprint density at radius 1 is 1.37 bits per heavy atom. The molecule has 0 bridgehead atoms. The van der Waals surface area contributed by atoms with Gasteiger partial charge >= 0.3 is 0 Å². The molecule has 1 aromatic carbocycles. The third kappa shape index (κ3) is 3.94. The number of hydrogen-bond acceptors (Lipinski definition) is 4. The molecule has 1 atom stereocenters. The summed E-state index contributed by atoms with van der Waals surface area (Å²) in [6.45, 7) is 1.50. The van der Waals surface area contributed by atoms with Crippen molar-refractivity contribution in [3.8, 4) is 0 Å². The molecule has 5 heteroatoms. The Kier molecular flexibility index (Phi) is 4.76. The quantitative estimate of drug-likeness (QED) is 0.704. The number of aliphatic hydroxyl groups excluding tert-OH is 1. The number of amides is 1. The van der Waals surface area contributed by atoms with Crippen molar-refractivity contribution in [1.29, 1.82) is 0 Å². The minimum Gasteiger partial charge on any atom is -0.399 e. The van der Waals surface area contributed by atoms with Crippen molar-refractivity contribution in [2.75, 3.05) is 25.5 Å². The highest BCUT2D eigenvalue weighted by Crippen LogP contribution is 2.16. The number of nitrogens with one attached hydrogen (secondary N) is 1. The Morgan fingerprint density at radius 3 is 2.63 bits per heavy atom. The lowest BCUT2D eigenvalue weighted by Gasteiger charge is -2.22. The zero-order valence-electron chi connectivity index (χ0n) is 10.8. The van der Waals surface area contributed by atoms with Crippen molar-refractivity contribution >= 4 is 11.6 Å². The summed E-state index contributed by atoms with van der Waals surface area (Å²) in [6, 6.07) is 7.00. The topological polar surface area (TPSA) is 84.6 Å². The lowest BCUT2D eigenvalue weighted by Crippen LogP contribution is -2.36. The van der Waals surface area contributed by atoms with E-state index in [0.29, 0.717) is 18.9 Å². The van der Waals surface area contributed by atoms with Gasteiger partial charge in [0, 0.05) is 31.4 Å². The molecule has 1 aliphatic rings. The second-order valence-electron chi connectivity index (χ2n) is 4.81. The SMILES string of the molecule is Nc1ccc(C(O)CNC(=O)C2CCOCC2)cc1. The van der Waals surface area contributed by atoms with Gasteiger partial charge in [-0.1, -0.05) is 12.1 Å². The van der Waals surface area contributed by atoms with Crippen molar-refractivity contribution in [1.82, 2.24) is 5.32 Å². The van der Waals surface area contributed by atoms with Crippen LogP contribution < -0.4 is 11.1 Å². The van der Waals surface area contributed by atoms with E-state index in [9.17, 15) is 9.90 Å². The molecule has 0 saturated carbocycles. The lowest BCUT2D eigenvalue weighted by molar-refractivity contribution is -0.128. The molecule has 1 heterocycles. The molecule has 0 aromatic heterocycles. The number of aliphatic hydroxyl groups is 1. The number of ether oxygens (including phenoxy) is 1. The molecule has 2 rings (SSSR count). The van der Waals surface area contributed by atoms with E-state index < -0.39 is 6.10 Å². The number of hydrogen-bond donors (Lipinski definition) is 3. The first-order chi connectivity index (χ1) is 9.16. The molecule has 1 amide bonds. The van der Waals surface area contributed by atoms with Gasteiger partial charge in [0.2, 0.25) is 5.91 Å². The summed E-state index contributed by atoms with van der Waals surface area (Å²) in [5, 5.41) is 12.8. The second-order valence-corrected chi connectivity index (χ2v) is 4.81. The predicted octanol–water partition coefficient (Wildman–Crippen LogP) is 0.845. The number of benzene rings is 1. The van der Waals surface area contributed by atoms with Crippen LogP contribution in [0.5, 0.6) is 0 Å². The molecule has 5 nitrogen and oxygen atoms in total. The lowest BCUT2D eigenvalue weighted by atomic mass is 9.99. The number of carbonyl (C=O) groups excluding carboxylic acids is 1. The van der Waals surface area contributed by atoms with Crippen LogP contribution >= 0.6 is 0 Å². The van der Waals surface area contributed by atoms with Crippen LogP contribution in [0.15, 0.2) is 24.3 Å². The fourth-order valence-electron chi connectivity index (χ4n) is 2.14. The van der Waals surface area contributed by atoms with Crippen molar-refractivity contribution < 1.29 is 14.6 Å². The number of rotatable bonds is 4. The summed E-state index contributed by atoms with van der Waals surface area (Å²) in [5.41, 5.74) is 6.99. The van der Waals surface area contributed by atoms with Crippen LogP contribution in [0.2, 0.25) is 0 Å².